The Morgan fingerprint density at radius 1 is 1.28 bits per heavy atom. The second-order valence-corrected chi connectivity index (χ2v) is 7.82. The third kappa shape index (κ3) is 4.68. The number of H-pyrrole nitrogens is 1. The quantitative estimate of drug-likeness (QED) is 0.619. The predicted octanol–water partition coefficient (Wildman–Crippen LogP) is 2.10. The van der Waals surface area contributed by atoms with Crippen molar-refractivity contribution in [3.63, 3.8) is 0 Å². The third-order valence-corrected chi connectivity index (χ3v) is 5.92. The van der Waals surface area contributed by atoms with E-state index in [4.69, 9.17) is 0 Å². The molecule has 160 valence electrons. The molecule has 29 heavy (non-hydrogen) atoms. The van der Waals surface area contributed by atoms with Crippen LogP contribution in [-0.2, 0) is 13.0 Å². The fourth-order valence-corrected chi connectivity index (χ4v) is 4.47. The molecule has 2 aliphatic heterocycles. The van der Waals surface area contributed by atoms with Gasteiger partial charge in [0, 0.05) is 36.9 Å². The average molecular weight is 442 g/mol. The molecule has 0 spiro atoms. The fourth-order valence-electron chi connectivity index (χ4n) is 4.47. The lowest BCUT2D eigenvalue weighted by Gasteiger charge is -2.37. The van der Waals surface area contributed by atoms with Crippen molar-refractivity contribution in [1.29, 1.82) is 0 Å². The van der Waals surface area contributed by atoms with Crippen LogP contribution in [0.5, 0.6) is 0 Å². The topological polar surface area (TPSA) is 91.8 Å². The van der Waals surface area contributed by atoms with Gasteiger partial charge < -0.3 is 15.2 Å². The molecule has 1 amide bonds. The minimum absolute atomic E-state index is 0. The van der Waals surface area contributed by atoms with Crippen molar-refractivity contribution in [3.05, 3.63) is 50.7 Å². The van der Waals surface area contributed by atoms with Gasteiger partial charge in [-0.25, -0.2) is 0 Å². The van der Waals surface area contributed by atoms with Crippen LogP contribution in [0.25, 0.3) is 0 Å². The number of aryl methyl sites for hydroxylation is 2. The maximum atomic E-state index is 12.9. The summed E-state index contributed by atoms with van der Waals surface area (Å²) in [5.41, 5.74) is 4.45. The molecule has 0 saturated carbocycles. The Morgan fingerprint density at radius 2 is 2.07 bits per heavy atom. The van der Waals surface area contributed by atoms with Crippen LogP contribution in [0.15, 0.2) is 16.9 Å². The van der Waals surface area contributed by atoms with E-state index in [1.807, 2.05) is 24.5 Å². The van der Waals surface area contributed by atoms with Crippen molar-refractivity contribution in [1.82, 2.24) is 25.4 Å². The van der Waals surface area contributed by atoms with E-state index in [1.165, 1.54) is 5.56 Å². The number of aromatic amines is 1. The highest BCUT2D eigenvalue weighted by Crippen LogP contribution is 2.31. The molecule has 2 bridgehead atoms. The zero-order valence-corrected chi connectivity index (χ0v) is 18.4. The monoisotopic (exact) mass is 441 g/mol. The molecular formula is C20H29Cl2N5O2. The van der Waals surface area contributed by atoms with Gasteiger partial charge in [0.1, 0.15) is 5.56 Å². The number of carbonyl (C=O) groups is 1. The van der Waals surface area contributed by atoms with Gasteiger partial charge in [0.05, 0.1) is 5.69 Å². The van der Waals surface area contributed by atoms with Crippen molar-refractivity contribution in [3.8, 4) is 0 Å². The molecule has 3 N–H and O–H groups in total. The Morgan fingerprint density at radius 3 is 2.79 bits per heavy atom. The zero-order chi connectivity index (χ0) is 19.0. The van der Waals surface area contributed by atoms with Gasteiger partial charge in [-0.05, 0) is 63.3 Å². The number of nitrogens with zero attached hydrogens (tertiary/aromatic N) is 2. The summed E-state index contributed by atoms with van der Waals surface area (Å²) in [5.74, 6) is 0.585. The van der Waals surface area contributed by atoms with E-state index in [2.05, 4.69) is 20.8 Å². The first-order chi connectivity index (χ1) is 13.0. The summed E-state index contributed by atoms with van der Waals surface area (Å²) in [6, 6.07) is 3.66. The van der Waals surface area contributed by atoms with E-state index in [0.29, 0.717) is 24.9 Å². The molecule has 0 aliphatic carbocycles. The number of aromatic nitrogens is 3. The van der Waals surface area contributed by atoms with Gasteiger partial charge in [-0.3, -0.25) is 14.7 Å². The number of halogens is 2. The van der Waals surface area contributed by atoms with Crippen LogP contribution in [-0.4, -0.2) is 40.3 Å². The fraction of sp³-hybridized carbons (Fsp3) is 0.550. The number of amides is 1. The molecule has 0 unspecified atom stereocenters. The van der Waals surface area contributed by atoms with Crippen LogP contribution in [0.3, 0.4) is 0 Å². The van der Waals surface area contributed by atoms with Crippen molar-refractivity contribution < 1.29 is 4.79 Å². The smallest absolute Gasteiger partial charge is 0.263 e. The van der Waals surface area contributed by atoms with E-state index < -0.39 is 0 Å². The van der Waals surface area contributed by atoms with Crippen molar-refractivity contribution in [2.24, 2.45) is 5.92 Å². The Hall–Kier alpha value is -1.83. The number of rotatable bonds is 5. The molecule has 7 nitrogen and oxygen atoms in total. The summed E-state index contributed by atoms with van der Waals surface area (Å²) in [6.07, 6.45) is 2.80. The molecule has 2 aliphatic rings. The summed E-state index contributed by atoms with van der Waals surface area (Å²) >= 11 is 0. The number of carbonyl (C=O) groups excluding carboxylic acids is 1. The van der Waals surface area contributed by atoms with E-state index in [9.17, 15) is 9.59 Å². The standard InChI is InChI=1S/C20H27N5O2.2ClH/c1-12-16(13(2)24-23-12)4-3-7-22-19(26)17-5-6-18-15-8-14(9-21-10-15)11-25(18)20(17)27;;/h5-6,14-15,21H,3-4,7-11H2,1-2H3,(H,22,26)(H,23,24);2*1H/t14-,15+;;/m0../s1. The lowest BCUT2D eigenvalue weighted by Crippen LogP contribution is -2.46. The Bertz CT molecular complexity index is 905. The van der Waals surface area contributed by atoms with Crippen LogP contribution in [0.1, 0.15) is 51.8 Å². The van der Waals surface area contributed by atoms with Crippen LogP contribution >= 0.6 is 24.8 Å². The lowest BCUT2D eigenvalue weighted by atomic mass is 9.84. The molecule has 2 aromatic rings. The van der Waals surface area contributed by atoms with E-state index in [-0.39, 0.29) is 41.8 Å². The van der Waals surface area contributed by atoms with Crippen LogP contribution in [0, 0.1) is 19.8 Å². The van der Waals surface area contributed by atoms with E-state index >= 15 is 0 Å². The normalized spacial score (nSPS) is 19.5. The first-order valence-electron chi connectivity index (χ1n) is 9.77. The van der Waals surface area contributed by atoms with Crippen molar-refractivity contribution in [2.45, 2.75) is 45.6 Å². The third-order valence-electron chi connectivity index (χ3n) is 5.92. The summed E-state index contributed by atoms with van der Waals surface area (Å²) < 4.78 is 1.83. The predicted molar refractivity (Wildman–Crippen MR) is 118 cm³/mol. The largest absolute Gasteiger partial charge is 0.352 e. The first-order valence-corrected chi connectivity index (χ1v) is 9.77. The molecule has 1 saturated heterocycles. The highest BCUT2D eigenvalue weighted by atomic mass is 35.5. The van der Waals surface area contributed by atoms with Gasteiger partial charge in [0.2, 0.25) is 0 Å². The maximum absolute atomic E-state index is 12.9. The lowest BCUT2D eigenvalue weighted by molar-refractivity contribution is 0.0950. The van der Waals surface area contributed by atoms with Crippen LogP contribution < -0.4 is 16.2 Å². The molecule has 2 aromatic heterocycles. The molecule has 1 fully saturated rings. The molecule has 0 radical (unpaired) electrons. The van der Waals surface area contributed by atoms with Crippen LogP contribution in [0.2, 0.25) is 0 Å². The van der Waals surface area contributed by atoms with Gasteiger partial charge in [-0.2, -0.15) is 5.10 Å². The van der Waals surface area contributed by atoms with E-state index in [1.54, 1.807) is 6.07 Å². The average Bonchev–Trinajstić information content (AvgIpc) is 2.98. The molecule has 0 aromatic carbocycles. The number of hydrogen-bond acceptors (Lipinski definition) is 4. The highest BCUT2D eigenvalue weighted by molar-refractivity contribution is 5.93. The summed E-state index contributed by atoms with van der Waals surface area (Å²) in [5, 5.41) is 13.5. The SMILES string of the molecule is Cc1n[nH]c(C)c1CCCNC(=O)c1ccc2n(c1=O)C[C@@H]1CNC[C@H]2C1.Cl.Cl. The highest BCUT2D eigenvalue weighted by Gasteiger charge is 2.31. The van der Waals surface area contributed by atoms with Gasteiger partial charge in [-0.15, -0.1) is 24.8 Å². The van der Waals surface area contributed by atoms with Gasteiger partial charge in [-0.1, -0.05) is 0 Å². The number of pyridine rings is 1. The van der Waals surface area contributed by atoms with Gasteiger partial charge >= 0.3 is 0 Å². The number of piperidine rings is 1. The molecular weight excluding hydrogens is 413 g/mol. The Balaban J connectivity index is 0.00000150. The first kappa shape index (κ1) is 23.4. The summed E-state index contributed by atoms with van der Waals surface area (Å²) in [4.78, 5) is 25.4. The molecule has 4 rings (SSSR count). The summed E-state index contributed by atoms with van der Waals surface area (Å²) in [6.45, 7) is 7.10. The minimum atomic E-state index is -0.273. The molecule has 9 heteroatoms. The molecule has 4 heterocycles. The number of nitrogens with one attached hydrogen (secondary N) is 3. The second kappa shape index (κ2) is 9.78. The summed E-state index contributed by atoms with van der Waals surface area (Å²) in [7, 11) is 0. The zero-order valence-electron chi connectivity index (χ0n) is 16.8. The maximum Gasteiger partial charge on any atom is 0.263 e. The number of fused-ring (bicyclic) bond motifs is 4. The number of hydrogen-bond donors (Lipinski definition) is 3. The molecule has 2 atom stereocenters. The Kier molecular flexibility index (Phi) is 7.91. The van der Waals surface area contributed by atoms with Gasteiger partial charge in [0.15, 0.2) is 0 Å². The Labute approximate surface area is 182 Å². The van der Waals surface area contributed by atoms with Crippen molar-refractivity contribution in [2.75, 3.05) is 19.6 Å². The second-order valence-electron chi connectivity index (χ2n) is 7.82. The van der Waals surface area contributed by atoms with Crippen molar-refractivity contribution >= 4 is 30.7 Å². The van der Waals surface area contributed by atoms with Gasteiger partial charge in [0.25, 0.3) is 11.5 Å². The van der Waals surface area contributed by atoms with E-state index in [0.717, 1.165) is 49.4 Å². The minimum Gasteiger partial charge on any atom is -0.352 e. The van der Waals surface area contributed by atoms with Crippen LogP contribution in [0.4, 0.5) is 0 Å².